The number of nitrogens with one attached hydrogen (secondary N) is 1. The zero-order chi connectivity index (χ0) is 14.8. The van der Waals surface area contributed by atoms with Gasteiger partial charge in [0.05, 0.1) is 11.9 Å². The highest BCUT2D eigenvalue weighted by Gasteiger charge is 2.28. The number of para-hydroxylation sites is 1. The highest BCUT2D eigenvalue weighted by Crippen LogP contribution is 2.21. The quantitative estimate of drug-likeness (QED) is 0.877. The molecule has 1 amide bonds. The number of hydrogen-bond acceptors (Lipinski definition) is 4. The third kappa shape index (κ3) is 3.08. The van der Waals surface area contributed by atoms with Gasteiger partial charge in [-0.05, 0) is 19.1 Å². The molecule has 0 bridgehead atoms. The second-order valence-electron chi connectivity index (χ2n) is 5.19. The smallest absolute Gasteiger partial charge is 0.278 e. The number of rotatable bonds is 2. The number of nitrogens with zero attached hydrogens (tertiary/aromatic N) is 3. The first kappa shape index (κ1) is 16.3. The summed E-state index contributed by atoms with van der Waals surface area (Å²) in [6.07, 6.45) is 1.47. The van der Waals surface area contributed by atoms with Crippen molar-refractivity contribution in [2.75, 3.05) is 19.6 Å². The van der Waals surface area contributed by atoms with Crippen LogP contribution < -0.4 is 5.32 Å². The standard InChI is InChI=1S/C15H18N4O2.ClH/c1-11-9-16-7-8-18(11)15(21)14-13(20)10-19(17-14)12-5-3-2-4-6-12;/h2-6,10-11,16,20H,7-9H2,1H3;1H. The molecule has 0 aliphatic carbocycles. The Hall–Kier alpha value is -2.05. The Bertz CT molecular complexity index is 644. The van der Waals surface area contributed by atoms with Crippen LogP contribution in [0.1, 0.15) is 17.4 Å². The largest absolute Gasteiger partial charge is 0.504 e. The molecule has 1 aliphatic heterocycles. The topological polar surface area (TPSA) is 70.4 Å². The van der Waals surface area contributed by atoms with Crippen LogP contribution in [0.5, 0.6) is 5.75 Å². The molecule has 0 saturated carbocycles. The molecule has 1 fully saturated rings. The monoisotopic (exact) mass is 322 g/mol. The van der Waals surface area contributed by atoms with Crippen molar-refractivity contribution in [2.45, 2.75) is 13.0 Å². The van der Waals surface area contributed by atoms with Crippen molar-refractivity contribution < 1.29 is 9.90 Å². The van der Waals surface area contributed by atoms with E-state index in [0.29, 0.717) is 6.54 Å². The summed E-state index contributed by atoms with van der Waals surface area (Å²) in [5.74, 6) is -0.314. The van der Waals surface area contributed by atoms with E-state index in [1.54, 1.807) is 4.90 Å². The Balaban J connectivity index is 0.00000176. The summed E-state index contributed by atoms with van der Waals surface area (Å²) in [7, 11) is 0. The fourth-order valence-corrected chi connectivity index (χ4v) is 2.51. The minimum Gasteiger partial charge on any atom is -0.504 e. The summed E-state index contributed by atoms with van der Waals surface area (Å²) in [4.78, 5) is 14.3. The van der Waals surface area contributed by atoms with E-state index in [-0.39, 0.29) is 35.8 Å². The number of benzene rings is 1. The molecule has 0 spiro atoms. The molecule has 118 valence electrons. The molecule has 1 atom stereocenters. The van der Waals surface area contributed by atoms with Crippen molar-refractivity contribution >= 4 is 18.3 Å². The predicted molar refractivity (Wildman–Crippen MR) is 85.8 cm³/mol. The lowest BCUT2D eigenvalue weighted by molar-refractivity contribution is 0.0646. The molecule has 1 unspecified atom stereocenters. The number of hydrogen-bond donors (Lipinski definition) is 2. The molecule has 1 aliphatic rings. The minimum atomic E-state index is -0.226. The highest BCUT2D eigenvalue weighted by molar-refractivity contribution is 5.95. The minimum absolute atomic E-state index is 0. The Morgan fingerprint density at radius 3 is 2.77 bits per heavy atom. The summed E-state index contributed by atoms with van der Waals surface area (Å²) in [6.45, 7) is 4.12. The molecule has 22 heavy (non-hydrogen) atoms. The molecule has 1 aromatic heterocycles. The van der Waals surface area contributed by atoms with E-state index < -0.39 is 0 Å². The molecular weight excluding hydrogens is 304 g/mol. The van der Waals surface area contributed by atoms with Crippen LogP contribution in [0.3, 0.4) is 0 Å². The lowest BCUT2D eigenvalue weighted by atomic mass is 10.2. The van der Waals surface area contributed by atoms with Gasteiger partial charge in [0.2, 0.25) is 0 Å². The average molecular weight is 323 g/mol. The first-order valence-electron chi connectivity index (χ1n) is 7.02. The van der Waals surface area contributed by atoms with Crippen molar-refractivity contribution in [2.24, 2.45) is 0 Å². The number of amides is 1. The van der Waals surface area contributed by atoms with Gasteiger partial charge >= 0.3 is 0 Å². The first-order chi connectivity index (χ1) is 10.2. The third-order valence-corrected chi connectivity index (χ3v) is 3.68. The maximum atomic E-state index is 12.5. The number of carbonyl (C=O) groups excluding carboxylic acids is 1. The highest BCUT2D eigenvalue weighted by atomic mass is 35.5. The van der Waals surface area contributed by atoms with Gasteiger partial charge in [0.25, 0.3) is 5.91 Å². The normalized spacial score (nSPS) is 17.9. The van der Waals surface area contributed by atoms with Crippen LogP contribution in [-0.2, 0) is 0 Å². The first-order valence-corrected chi connectivity index (χ1v) is 7.02. The molecule has 3 rings (SSSR count). The molecule has 6 nitrogen and oxygen atoms in total. The lowest BCUT2D eigenvalue weighted by Gasteiger charge is -2.33. The van der Waals surface area contributed by atoms with Crippen LogP contribution in [0.2, 0.25) is 0 Å². The van der Waals surface area contributed by atoms with Gasteiger partial charge in [-0.1, -0.05) is 18.2 Å². The van der Waals surface area contributed by atoms with Gasteiger partial charge in [-0.2, -0.15) is 5.10 Å². The summed E-state index contributed by atoms with van der Waals surface area (Å²) in [5, 5.41) is 17.5. The second kappa shape index (κ2) is 6.81. The van der Waals surface area contributed by atoms with Gasteiger partial charge in [0.1, 0.15) is 0 Å². The maximum Gasteiger partial charge on any atom is 0.278 e. The van der Waals surface area contributed by atoms with E-state index in [4.69, 9.17) is 0 Å². The Kier molecular flexibility index (Phi) is 5.05. The van der Waals surface area contributed by atoms with Crippen molar-refractivity contribution in [3.05, 3.63) is 42.2 Å². The van der Waals surface area contributed by atoms with Crippen LogP contribution >= 0.6 is 12.4 Å². The predicted octanol–water partition coefficient (Wildman–Crippen LogP) is 1.43. The van der Waals surface area contributed by atoms with Crippen LogP contribution in [0.15, 0.2) is 36.5 Å². The zero-order valence-electron chi connectivity index (χ0n) is 12.3. The lowest BCUT2D eigenvalue weighted by Crippen LogP contribution is -2.52. The molecule has 2 aromatic rings. The van der Waals surface area contributed by atoms with E-state index in [2.05, 4.69) is 10.4 Å². The number of aromatic hydroxyl groups is 1. The van der Waals surface area contributed by atoms with E-state index in [1.807, 2.05) is 37.3 Å². The zero-order valence-corrected chi connectivity index (χ0v) is 13.1. The summed E-state index contributed by atoms with van der Waals surface area (Å²) < 4.78 is 1.52. The van der Waals surface area contributed by atoms with Crippen molar-refractivity contribution in [3.8, 4) is 11.4 Å². The molecule has 1 aromatic carbocycles. The number of aromatic nitrogens is 2. The van der Waals surface area contributed by atoms with E-state index in [9.17, 15) is 9.90 Å². The van der Waals surface area contributed by atoms with Crippen LogP contribution in [-0.4, -0.2) is 51.4 Å². The number of carbonyl (C=O) groups is 1. The molecular formula is C15H19ClN4O2. The van der Waals surface area contributed by atoms with Crippen LogP contribution in [0.25, 0.3) is 5.69 Å². The van der Waals surface area contributed by atoms with Crippen molar-refractivity contribution in [1.82, 2.24) is 20.0 Å². The fourth-order valence-electron chi connectivity index (χ4n) is 2.51. The summed E-state index contributed by atoms with van der Waals surface area (Å²) in [6, 6.07) is 9.50. The van der Waals surface area contributed by atoms with Gasteiger partial charge < -0.3 is 15.3 Å². The van der Waals surface area contributed by atoms with E-state index in [1.165, 1.54) is 10.9 Å². The molecule has 0 radical (unpaired) electrons. The second-order valence-corrected chi connectivity index (χ2v) is 5.19. The number of halogens is 1. The molecule has 2 N–H and O–H groups in total. The fraction of sp³-hybridized carbons (Fsp3) is 0.333. The maximum absolute atomic E-state index is 12.5. The Morgan fingerprint density at radius 2 is 2.09 bits per heavy atom. The van der Waals surface area contributed by atoms with Gasteiger partial charge in [-0.15, -0.1) is 12.4 Å². The van der Waals surface area contributed by atoms with Gasteiger partial charge in [0.15, 0.2) is 11.4 Å². The summed E-state index contributed by atoms with van der Waals surface area (Å²) >= 11 is 0. The van der Waals surface area contributed by atoms with E-state index in [0.717, 1.165) is 18.8 Å². The van der Waals surface area contributed by atoms with E-state index >= 15 is 0 Å². The Labute approximate surface area is 135 Å². The van der Waals surface area contributed by atoms with Crippen LogP contribution in [0, 0.1) is 0 Å². The van der Waals surface area contributed by atoms with Crippen molar-refractivity contribution in [3.63, 3.8) is 0 Å². The van der Waals surface area contributed by atoms with Crippen LogP contribution in [0.4, 0.5) is 0 Å². The molecule has 1 saturated heterocycles. The van der Waals surface area contributed by atoms with Gasteiger partial charge in [-0.25, -0.2) is 4.68 Å². The molecule has 7 heteroatoms. The third-order valence-electron chi connectivity index (χ3n) is 3.68. The average Bonchev–Trinajstić information content (AvgIpc) is 2.90. The Morgan fingerprint density at radius 1 is 1.36 bits per heavy atom. The number of piperazine rings is 1. The summed E-state index contributed by atoms with van der Waals surface area (Å²) in [5.41, 5.74) is 0.910. The van der Waals surface area contributed by atoms with Crippen molar-refractivity contribution in [1.29, 1.82) is 0 Å². The van der Waals surface area contributed by atoms with Gasteiger partial charge in [-0.3, -0.25) is 4.79 Å². The molecule has 2 heterocycles. The van der Waals surface area contributed by atoms with Gasteiger partial charge in [0, 0.05) is 25.7 Å². The SMILES string of the molecule is CC1CNCCN1C(=O)c1nn(-c2ccccc2)cc1O.Cl.